The van der Waals surface area contributed by atoms with Crippen molar-refractivity contribution in [3.05, 3.63) is 310 Å². The zero-order chi connectivity index (χ0) is 57.1. The first-order valence-corrected chi connectivity index (χ1v) is 29.6. The smallest absolute Gasteiger partial charge is 0.494 e. The minimum atomic E-state index is 0.804. The maximum atomic E-state index is 5.54. The van der Waals surface area contributed by atoms with Crippen LogP contribution in [-0.2, 0) is 0 Å². The Hall–Kier alpha value is -11.0. The summed E-state index contributed by atoms with van der Waals surface area (Å²) in [4.78, 5) is 16.8. The number of hydrogen-bond donors (Lipinski definition) is 0. The molecule has 14 aromatic rings. The molecule has 17 rings (SSSR count). The fourth-order valence-electron chi connectivity index (χ4n) is 13.1. The average molecular weight is 1120 g/mol. The van der Waals surface area contributed by atoms with Crippen LogP contribution >= 0.6 is 0 Å². The van der Waals surface area contributed by atoms with E-state index >= 15 is 0 Å². The molecule has 8 heteroatoms. The van der Waals surface area contributed by atoms with Gasteiger partial charge in [0.2, 0.25) is 0 Å². The molecule has 0 bridgehead atoms. The van der Waals surface area contributed by atoms with Crippen molar-refractivity contribution in [3.63, 3.8) is 0 Å². The van der Waals surface area contributed by atoms with Crippen LogP contribution in [0.25, 0.3) is 95.0 Å². The maximum Gasteiger partial charge on any atom is 0.494 e. The number of pyridine rings is 1. The highest BCUT2D eigenvalue weighted by Crippen LogP contribution is 2.57. The summed E-state index contributed by atoms with van der Waals surface area (Å²) < 4.78 is 7.61. The van der Waals surface area contributed by atoms with Gasteiger partial charge < -0.3 is 18.5 Å². The van der Waals surface area contributed by atoms with E-state index in [0.29, 0.717) is 0 Å². The van der Waals surface area contributed by atoms with E-state index in [1.165, 1.54) is 83.4 Å². The Morgan fingerprint density at radius 1 is 0.267 bits per heavy atom. The molecule has 0 amide bonds. The van der Waals surface area contributed by atoms with Gasteiger partial charge in [-0.3, -0.25) is 4.57 Å². The number of aromatic nitrogens is 3. The predicted molar refractivity (Wildman–Crippen MR) is 356 cm³/mol. The summed E-state index contributed by atoms with van der Waals surface area (Å²) in [5.74, 6) is 1.63. The van der Waals surface area contributed by atoms with Crippen LogP contribution in [0.4, 0.5) is 51.2 Å². The van der Waals surface area contributed by atoms with Crippen LogP contribution in [0, 0.1) is 0 Å². The second-order valence-corrected chi connectivity index (χ2v) is 21.8. The van der Waals surface area contributed by atoms with Crippen LogP contribution < -0.4 is 18.5 Å². The van der Waals surface area contributed by atoms with E-state index < -0.39 is 0 Å². The van der Waals surface area contributed by atoms with Crippen LogP contribution in [0.5, 0.6) is 5.75 Å². The Morgan fingerprint density at radius 2 is 0.558 bits per heavy atom. The first kappa shape index (κ1) is 50.7. The van der Waals surface area contributed by atoms with Crippen LogP contribution in [0.1, 0.15) is 0 Å². The molecule has 0 fully saturated rings. The minimum absolute atomic E-state index is 0.804. The van der Waals surface area contributed by atoms with Gasteiger partial charge in [0, 0.05) is 45.3 Å². The Morgan fingerprint density at radius 3 is 0.895 bits per heavy atom. The largest absolute Gasteiger partial charge is 0.650 e. The van der Waals surface area contributed by atoms with E-state index in [1.807, 2.05) is 54.6 Å². The van der Waals surface area contributed by atoms with Gasteiger partial charge in [0.1, 0.15) is 5.52 Å². The Balaban J connectivity index is 0.000000218. The third-order valence-electron chi connectivity index (χ3n) is 16.8. The summed E-state index contributed by atoms with van der Waals surface area (Å²) in [6, 6.07) is 109. The van der Waals surface area contributed by atoms with Crippen molar-refractivity contribution in [2.24, 2.45) is 0 Å². The summed E-state index contributed by atoms with van der Waals surface area (Å²) >= 11 is 1.47. The number of hydrogen-bond acceptors (Lipinski definition) is 6. The highest BCUT2D eigenvalue weighted by molar-refractivity contribution is 6.08. The lowest BCUT2D eigenvalue weighted by molar-refractivity contribution is 0.617. The molecule has 3 aliphatic rings. The van der Waals surface area contributed by atoms with Crippen molar-refractivity contribution >= 4 is 79.0 Å². The number of para-hydroxylation sites is 8. The first-order chi connectivity index (χ1) is 42.7. The fraction of sp³-hybridized carbons (Fsp3) is 0. The van der Waals surface area contributed by atoms with Gasteiger partial charge in [0.15, 0.2) is 11.5 Å². The highest BCUT2D eigenvalue weighted by Gasteiger charge is 2.33. The first-order valence-electron chi connectivity index (χ1n) is 29.0. The van der Waals surface area contributed by atoms with Crippen molar-refractivity contribution in [1.29, 1.82) is 0 Å². The van der Waals surface area contributed by atoms with Crippen molar-refractivity contribution in [2.75, 3.05) is 14.7 Å². The van der Waals surface area contributed by atoms with Gasteiger partial charge in [-0.05, 0) is 124 Å². The summed E-state index contributed by atoms with van der Waals surface area (Å²) in [5.41, 5.74) is 28.1. The zero-order valence-corrected chi connectivity index (χ0v) is 48.2. The molecule has 86 heavy (non-hydrogen) atoms. The van der Waals surface area contributed by atoms with E-state index in [2.05, 4.69) is 273 Å². The molecule has 2 aromatic heterocycles. The number of rotatable bonds is 6. The third kappa shape index (κ3) is 8.42. The third-order valence-corrected chi connectivity index (χ3v) is 17.1. The number of nitrogens with zero attached hydrogens (tertiary/aromatic N) is 6. The molecule has 403 valence electrons. The predicted octanol–water partition coefficient (Wildman–Crippen LogP) is 20.3. The molecule has 0 unspecified atom stereocenters. The van der Waals surface area contributed by atoms with Gasteiger partial charge in [-0.1, -0.05) is 212 Å². The van der Waals surface area contributed by atoms with Crippen molar-refractivity contribution < 1.29 is 3.79 Å². The molecule has 5 heterocycles. The molecule has 0 N–H and O–H groups in total. The molecule has 0 saturated carbocycles. The maximum absolute atomic E-state index is 5.54. The van der Waals surface area contributed by atoms with E-state index in [0.717, 1.165) is 85.2 Å². The van der Waals surface area contributed by atoms with Crippen LogP contribution in [0.15, 0.2) is 310 Å². The monoisotopic (exact) mass is 1120 g/mol. The average Bonchev–Trinajstić information content (AvgIpc) is 1.91. The summed E-state index contributed by atoms with van der Waals surface area (Å²) in [7, 11) is 0. The van der Waals surface area contributed by atoms with Gasteiger partial charge in [0.05, 0.1) is 62.5 Å². The molecule has 12 aromatic carbocycles. The SMILES string of the molecule is [AlH][O]c1ccccc1-c1nc2cccnc2n1-c1ccccc1.c1ccc2c(c1)-c1ccccc1N(c1cc(N3c4ccccc4-c4ccccc4-c4ccccc43)cc(N3c4ccccc4-c4ccccc4-c4ccccc43)c1)c1ccccc1-2. The molecule has 0 aliphatic carbocycles. The van der Waals surface area contributed by atoms with Gasteiger partial charge in [-0.2, -0.15) is 0 Å². The number of imidazole rings is 1. The number of benzene rings is 12. The summed E-state index contributed by atoms with van der Waals surface area (Å²) in [6.45, 7) is 0. The van der Waals surface area contributed by atoms with Crippen LogP contribution in [0.3, 0.4) is 0 Å². The minimum Gasteiger partial charge on any atom is -0.650 e. The standard InChI is InChI=1S/C60H39N3.C18H13N3O.Al.H/c1-2-20-44-43(19-1)49-25-7-13-31-55(49)61(56-32-14-8-26-50(44)56)40-37-41(62-57-33-15-9-27-51(57)45-21-3-4-22-46(45)52-28-10-16-34-58(52)62)39-42(38-40)63-59-35-17-11-29-53(59)47-23-5-6-24-48(47)54-30-12-18-36-60(54)63;22-16-11-5-4-9-14(16)17-20-15-10-6-12-19-18(15)21(17)13-7-2-1-3-8-13;;/h1-39H;1-12,22H;;/q;;+1;/p-1. The molecule has 0 atom stereocenters. The molecular weight excluding hydrogens is 1060 g/mol. The molecule has 7 nitrogen and oxygen atoms in total. The van der Waals surface area contributed by atoms with Gasteiger partial charge in [-0.15, -0.1) is 0 Å². The van der Waals surface area contributed by atoms with Gasteiger partial charge in [-0.25, -0.2) is 9.97 Å². The van der Waals surface area contributed by atoms with Crippen molar-refractivity contribution in [2.45, 2.75) is 0 Å². The quantitative estimate of drug-likeness (QED) is 0.155. The van der Waals surface area contributed by atoms with Crippen LogP contribution in [0.2, 0.25) is 0 Å². The number of anilines is 9. The molecule has 0 spiro atoms. The second-order valence-electron chi connectivity index (χ2n) is 21.5. The van der Waals surface area contributed by atoms with E-state index in [9.17, 15) is 0 Å². The summed E-state index contributed by atoms with van der Waals surface area (Å²) in [6.07, 6.45) is 1.79. The number of fused-ring (bicyclic) bond motifs is 16. The zero-order valence-electron chi connectivity index (χ0n) is 46.7. The Kier molecular flexibility index (Phi) is 12.6. The summed E-state index contributed by atoms with van der Waals surface area (Å²) in [5, 5.41) is 0. The fourth-order valence-corrected chi connectivity index (χ4v) is 13.4. The molecular formula is C78H52AlN6O. The van der Waals surface area contributed by atoms with Crippen LogP contribution in [-0.4, -0.2) is 31.2 Å². The molecule has 3 aliphatic heterocycles. The van der Waals surface area contributed by atoms with Gasteiger partial charge in [0.25, 0.3) is 0 Å². The highest BCUT2D eigenvalue weighted by atomic mass is 27.1. The molecule has 0 saturated heterocycles. The van der Waals surface area contributed by atoms with E-state index in [1.54, 1.807) is 6.20 Å². The molecule has 1 radical (unpaired) electrons. The second kappa shape index (κ2) is 21.3. The van der Waals surface area contributed by atoms with Gasteiger partial charge >= 0.3 is 16.6 Å². The van der Waals surface area contributed by atoms with Crippen molar-refractivity contribution in [3.8, 4) is 89.6 Å². The Bertz CT molecular complexity index is 4360. The lowest BCUT2D eigenvalue weighted by Gasteiger charge is -2.34. The Labute approximate surface area is 508 Å². The lowest BCUT2D eigenvalue weighted by atomic mass is 9.95. The van der Waals surface area contributed by atoms with Crippen molar-refractivity contribution in [1.82, 2.24) is 14.5 Å². The normalized spacial score (nSPS) is 12.2. The topological polar surface area (TPSA) is 49.7 Å². The van der Waals surface area contributed by atoms with E-state index in [4.69, 9.17) is 8.77 Å². The lowest BCUT2D eigenvalue weighted by Crippen LogP contribution is -2.17. The van der Waals surface area contributed by atoms with E-state index in [-0.39, 0.29) is 0 Å².